The van der Waals surface area contributed by atoms with Crippen LogP contribution in [0.1, 0.15) is 37.8 Å². The zero-order valence-electron chi connectivity index (χ0n) is 8.76. The molecule has 1 aromatic heterocycles. The first-order chi connectivity index (χ1) is 6.95. The number of nitrogens with one attached hydrogen (secondary N) is 2. The van der Waals surface area contributed by atoms with Crippen LogP contribution < -0.4 is 5.32 Å². The Kier molecular flexibility index (Phi) is 3.64. The van der Waals surface area contributed by atoms with E-state index in [9.17, 15) is 0 Å². The van der Waals surface area contributed by atoms with Crippen LogP contribution >= 0.6 is 0 Å². The summed E-state index contributed by atoms with van der Waals surface area (Å²) in [5.74, 6) is 1.01. The molecule has 1 aliphatic rings. The summed E-state index contributed by atoms with van der Waals surface area (Å²) < 4.78 is 0. The van der Waals surface area contributed by atoms with E-state index < -0.39 is 0 Å². The maximum absolute atomic E-state index is 3.48. The minimum atomic E-state index is 0.986. The number of H-pyrrole nitrogens is 1. The molecule has 1 aromatic rings. The van der Waals surface area contributed by atoms with Gasteiger partial charge >= 0.3 is 0 Å². The Morgan fingerprint density at radius 1 is 1.36 bits per heavy atom. The van der Waals surface area contributed by atoms with Gasteiger partial charge in [0.1, 0.15) is 0 Å². The maximum Gasteiger partial charge on any atom is 0.0357 e. The third-order valence-corrected chi connectivity index (χ3v) is 3.18. The van der Waals surface area contributed by atoms with Gasteiger partial charge in [0.05, 0.1) is 0 Å². The molecule has 2 nitrogen and oxygen atoms in total. The van der Waals surface area contributed by atoms with E-state index in [2.05, 4.69) is 16.4 Å². The second-order valence-electron chi connectivity index (χ2n) is 4.31. The van der Waals surface area contributed by atoms with Gasteiger partial charge in [-0.2, -0.15) is 0 Å². The predicted octanol–water partition coefficient (Wildman–Crippen LogP) is 2.68. The third kappa shape index (κ3) is 2.88. The molecule has 0 radical (unpaired) electrons. The summed E-state index contributed by atoms with van der Waals surface area (Å²) in [6, 6.07) is 4.18. The molecule has 1 fully saturated rings. The van der Waals surface area contributed by atoms with E-state index in [-0.39, 0.29) is 0 Å². The first-order valence-corrected chi connectivity index (χ1v) is 5.78. The highest BCUT2D eigenvalue weighted by Gasteiger charge is 2.13. The van der Waals surface area contributed by atoms with E-state index in [0.29, 0.717) is 0 Å². The first kappa shape index (κ1) is 9.78. The highest BCUT2D eigenvalue weighted by atomic mass is 14.9. The number of hydrogen-bond donors (Lipinski definition) is 2. The van der Waals surface area contributed by atoms with Crippen molar-refractivity contribution in [1.29, 1.82) is 0 Å². The van der Waals surface area contributed by atoms with Gasteiger partial charge < -0.3 is 10.3 Å². The van der Waals surface area contributed by atoms with E-state index in [0.717, 1.165) is 12.5 Å². The van der Waals surface area contributed by atoms with Crippen molar-refractivity contribution < 1.29 is 0 Å². The van der Waals surface area contributed by atoms with Gasteiger partial charge in [0.25, 0.3) is 0 Å². The fourth-order valence-electron chi connectivity index (χ4n) is 2.31. The van der Waals surface area contributed by atoms with Crippen molar-refractivity contribution in [1.82, 2.24) is 10.3 Å². The number of rotatable bonds is 5. The molecule has 0 aromatic carbocycles. The van der Waals surface area contributed by atoms with Crippen LogP contribution in [0.4, 0.5) is 0 Å². The fraction of sp³-hybridized carbons (Fsp3) is 0.667. The third-order valence-electron chi connectivity index (χ3n) is 3.18. The standard InChI is InChI=1S/C12H20N2/c1-2-5-11(4-1)7-9-13-10-12-6-3-8-14-12/h3,6,8,11,13-14H,1-2,4-5,7,9-10H2. The SMILES string of the molecule is c1c[nH]c(CNCCC2CCCC2)c1. The van der Waals surface area contributed by atoms with Gasteiger partial charge in [-0.25, -0.2) is 0 Å². The first-order valence-electron chi connectivity index (χ1n) is 5.78. The normalized spacial score (nSPS) is 17.7. The lowest BCUT2D eigenvalue weighted by Gasteiger charge is -2.08. The van der Waals surface area contributed by atoms with Gasteiger partial charge in [0.2, 0.25) is 0 Å². The van der Waals surface area contributed by atoms with Crippen molar-refractivity contribution >= 4 is 0 Å². The lowest BCUT2D eigenvalue weighted by molar-refractivity contribution is 0.476. The Morgan fingerprint density at radius 2 is 2.21 bits per heavy atom. The van der Waals surface area contributed by atoms with Crippen LogP contribution in [0, 0.1) is 5.92 Å². The van der Waals surface area contributed by atoms with Crippen molar-refractivity contribution in [3.63, 3.8) is 0 Å². The molecule has 2 rings (SSSR count). The van der Waals surface area contributed by atoms with Gasteiger partial charge in [0, 0.05) is 18.4 Å². The van der Waals surface area contributed by atoms with E-state index in [1.807, 2.05) is 12.3 Å². The van der Waals surface area contributed by atoms with Crippen LogP contribution in [-0.2, 0) is 6.54 Å². The Bertz CT molecular complexity index is 235. The maximum atomic E-state index is 3.48. The molecule has 1 heterocycles. The molecule has 1 aliphatic carbocycles. The molecule has 0 bridgehead atoms. The molecule has 78 valence electrons. The van der Waals surface area contributed by atoms with Crippen molar-refractivity contribution in [3.8, 4) is 0 Å². The largest absolute Gasteiger partial charge is 0.364 e. The van der Waals surface area contributed by atoms with Crippen LogP contribution in [-0.4, -0.2) is 11.5 Å². The summed E-state index contributed by atoms with van der Waals surface area (Å²) in [4.78, 5) is 3.20. The zero-order chi connectivity index (χ0) is 9.64. The minimum Gasteiger partial charge on any atom is -0.364 e. The summed E-state index contributed by atoms with van der Waals surface area (Å²) in [5, 5.41) is 3.48. The topological polar surface area (TPSA) is 27.8 Å². The highest BCUT2D eigenvalue weighted by molar-refractivity contribution is 5.02. The second-order valence-corrected chi connectivity index (χ2v) is 4.31. The van der Waals surface area contributed by atoms with Crippen molar-refractivity contribution in [2.45, 2.75) is 38.6 Å². The highest BCUT2D eigenvalue weighted by Crippen LogP contribution is 2.26. The molecule has 14 heavy (non-hydrogen) atoms. The molecule has 0 amide bonds. The number of aromatic nitrogens is 1. The van der Waals surface area contributed by atoms with Crippen LogP contribution in [0.15, 0.2) is 18.3 Å². The van der Waals surface area contributed by atoms with E-state index in [1.54, 1.807) is 0 Å². The van der Waals surface area contributed by atoms with Crippen molar-refractivity contribution in [2.24, 2.45) is 5.92 Å². The molecule has 0 unspecified atom stereocenters. The Balaban J connectivity index is 1.55. The molecule has 0 atom stereocenters. The molecule has 0 spiro atoms. The summed E-state index contributed by atoms with van der Waals surface area (Å²) in [5.41, 5.74) is 1.29. The molecule has 0 aliphatic heterocycles. The smallest absolute Gasteiger partial charge is 0.0357 e. The number of aromatic amines is 1. The van der Waals surface area contributed by atoms with Gasteiger partial charge in [-0.1, -0.05) is 25.7 Å². The lowest BCUT2D eigenvalue weighted by atomic mass is 10.0. The molecule has 2 heteroatoms. The Morgan fingerprint density at radius 3 is 2.93 bits per heavy atom. The Hall–Kier alpha value is -0.760. The van der Waals surface area contributed by atoms with E-state index in [4.69, 9.17) is 0 Å². The minimum absolute atomic E-state index is 0.986. The monoisotopic (exact) mass is 192 g/mol. The zero-order valence-corrected chi connectivity index (χ0v) is 8.76. The van der Waals surface area contributed by atoms with Gasteiger partial charge in [-0.15, -0.1) is 0 Å². The van der Waals surface area contributed by atoms with E-state index >= 15 is 0 Å². The van der Waals surface area contributed by atoms with Crippen LogP contribution in [0.3, 0.4) is 0 Å². The average molecular weight is 192 g/mol. The summed E-state index contributed by atoms with van der Waals surface area (Å²) >= 11 is 0. The summed E-state index contributed by atoms with van der Waals surface area (Å²) in [7, 11) is 0. The van der Waals surface area contributed by atoms with Crippen LogP contribution in [0.5, 0.6) is 0 Å². The van der Waals surface area contributed by atoms with Crippen molar-refractivity contribution in [3.05, 3.63) is 24.0 Å². The van der Waals surface area contributed by atoms with Gasteiger partial charge in [-0.05, 0) is 31.0 Å². The average Bonchev–Trinajstić information content (AvgIpc) is 2.86. The van der Waals surface area contributed by atoms with Gasteiger partial charge in [-0.3, -0.25) is 0 Å². The predicted molar refractivity (Wildman–Crippen MR) is 59.1 cm³/mol. The molecule has 0 saturated heterocycles. The lowest BCUT2D eigenvalue weighted by Crippen LogP contribution is -2.17. The summed E-state index contributed by atoms with van der Waals surface area (Å²) in [6.07, 6.45) is 9.19. The molecule has 2 N–H and O–H groups in total. The quantitative estimate of drug-likeness (QED) is 0.690. The second kappa shape index (κ2) is 5.20. The molecular weight excluding hydrogens is 172 g/mol. The van der Waals surface area contributed by atoms with E-state index in [1.165, 1.54) is 44.3 Å². The molecular formula is C12H20N2. The fourth-order valence-corrected chi connectivity index (χ4v) is 2.31. The van der Waals surface area contributed by atoms with Crippen LogP contribution in [0.25, 0.3) is 0 Å². The molecule has 1 saturated carbocycles. The van der Waals surface area contributed by atoms with Crippen molar-refractivity contribution in [2.75, 3.05) is 6.54 Å². The van der Waals surface area contributed by atoms with Crippen LogP contribution in [0.2, 0.25) is 0 Å². The number of hydrogen-bond acceptors (Lipinski definition) is 1. The summed E-state index contributed by atoms with van der Waals surface area (Å²) in [6.45, 7) is 2.16. The van der Waals surface area contributed by atoms with Gasteiger partial charge in [0.15, 0.2) is 0 Å². The Labute approximate surface area is 86.1 Å².